The third-order valence-corrected chi connectivity index (χ3v) is 3.85. The molecule has 0 fully saturated rings. The number of nitrogens with two attached hydrogens (primary N) is 1. The predicted octanol–water partition coefficient (Wildman–Crippen LogP) is 3.85. The van der Waals surface area contributed by atoms with E-state index in [1.54, 1.807) is 0 Å². The second-order valence-electron chi connectivity index (χ2n) is 5.24. The zero-order valence-electron chi connectivity index (χ0n) is 12.0. The molecule has 2 N–H and O–H groups in total. The molecule has 0 saturated carbocycles. The summed E-state index contributed by atoms with van der Waals surface area (Å²) in [7, 11) is 0. The van der Waals surface area contributed by atoms with Crippen molar-refractivity contribution in [1.29, 1.82) is 0 Å². The lowest BCUT2D eigenvalue weighted by molar-refractivity contribution is 0.804. The van der Waals surface area contributed by atoms with Crippen LogP contribution in [-0.4, -0.2) is 15.9 Å². The molecule has 0 spiro atoms. The van der Waals surface area contributed by atoms with Gasteiger partial charge in [0.15, 0.2) is 0 Å². The van der Waals surface area contributed by atoms with E-state index >= 15 is 0 Å². The molecule has 2 heterocycles. The van der Waals surface area contributed by atoms with Crippen molar-refractivity contribution in [2.24, 2.45) is 5.73 Å². The monoisotopic (exact) mass is 299 g/mol. The lowest BCUT2D eigenvalue weighted by Gasteiger charge is -2.05. The largest absolute Gasteiger partial charge is 0.330 e. The molecule has 0 unspecified atom stereocenters. The van der Waals surface area contributed by atoms with Crippen molar-refractivity contribution in [2.75, 3.05) is 6.54 Å². The van der Waals surface area contributed by atoms with E-state index in [1.165, 1.54) is 11.3 Å². The summed E-state index contributed by atoms with van der Waals surface area (Å²) < 4.78 is 2.08. The quantitative estimate of drug-likeness (QED) is 0.795. The Hall–Kier alpha value is -1.84. The molecule has 4 heteroatoms. The fourth-order valence-corrected chi connectivity index (χ4v) is 2.68. The third kappa shape index (κ3) is 2.80. The van der Waals surface area contributed by atoms with Crippen molar-refractivity contribution < 1.29 is 0 Å². The summed E-state index contributed by atoms with van der Waals surface area (Å²) in [5, 5.41) is 0.712. The second kappa shape index (κ2) is 5.88. The fourth-order valence-electron chi connectivity index (χ4n) is 2.52. The molecular weight excluding hydrogens is 282 g/mol. The molecule has 0 amide bonds. The SMILES string of the molecule is Cc1ccc(-c2nc3ccc(Cl)cn3c2CCCN)cc1. The topological polar surface area (TPSA) is 43.3 Å². The molecule has 0 radical (unpaired) electrons. The summed E-state index contributed by atoms with van der Waals surface area (Å²) in [5.41, 5.74) is 11.2. The Morgan fingerprint density at radius 1 is 1.14 bits per heavy atom. The van der Waals surface area contributed by atoms with E-state index < -0.39 is 0 Å². The highest BCUT2D eigenvalue weighted by atomic mass is 35.5. The first-order chi connectivity index (χ1) is 10.2. The molecule has 0 saturated heterocycles. The minimum absolute atomic E-state index is 0.668. The van der Waals surface area contributed by atoms with Crippen molar-refractivity contribution in [3.8, 4) is 11.3 Å². The van der Waals surface area contributed by atoms with Gasteiger partial charge >= 0.3 is 0 Å². The predicted molar refractivity (Wildman–Crippen MR) is 87.8 cm³/mol. The highest BCUT2D eigenvalue weighted by Gasteiger charge is 2.13. The van der Waals surface area contributed by atoms with Gasteiger partial charge in [0.05, 0.1) is 16.4 Å². The average Bonchev–Trinajstić information content (AvgIpc) is 2.83. The molecule has 21 heavy (non-hydrogen) atoms. The van der Waals surface area contributed by atoms with Crippen molar-refractivity contribution in [3.63, 3.8) is 0 Å². The van der Waals surface area contributed by atoms with Crippen LogP contribution in [0.3, 0.4) is 0 Å². The van der Waals surface area contributed by atoms with Crippen LogP contribution in [0.4, 0.5) is 0 Å². The van der Waals surface area contributed by atoms with Crippen LogP contribution in [0.5, 0.6) is 0 Å². The van der Waals surface area contributed by atoms with Crippen LogP contribution in [0.15, 0.2) is 42.6 Å². The van der Waals surface area contributed by atoms with Gasteiger partial charge in [0, 0.05) is 11.8 Å². The maximum absolute atomic E-state index is 6.13. The van der Waals surface area contributed by atoms with Gasteiger partial charge < -0.3 is 10.1 Å². The zero-order chi connectivity index (χ0) is 14.8. The average molecular weight is 300 g/mol. The summed E-state index contributed by atoms with van der Waals surface area (Å²) in [6, 6.07) is 12.3. The summed E-state index contributed by atoms with van der Waals surface area (Å²) in [5.74, 6) is 0. The molecule has 108 valence electrons. The van der Waals surface area contributed by atoms with Crippen LogP contribution in [0.25, 0.3) is 16.9 Å². The van der Waals surface area contributed by atoms with Crippen LogP contribution >= 0.6 is 11.6 Å². The number of aromatic nitrogens is 2. The molecule has 3 rings (SSSR count). The third-order valence-electron chi connectivity index (χ3n) is 3.62. The van der Waals surface area contributed by atoms with E-state index in [-0.39, 0.29) is 0 Å². The Bertz CT molecular complexity index is 760. The van der Waals surface area contributed by atoms with Crippen molar-refractivity contribution in [2.45, 2.75) is 19.8 Å². The van der Waals surface area contributed by atoms with Crippen LogP contribution in [-0.2, 0) is 6.42 Å². The van der Waals surface area contributed by atoms with Crippen LogP contribution in [0.2, 0.25) is 5.02 Å². The van der Waals surface area contributed by atoms with Gasteiger partial charge in [0.2, 0.25) is 0 Å². The summed E-state index contributed by atoms with van der Waals surface area (Å²) in [4.78, 5) is 4.77. The van der Waals surface area contributed by atoms with E-state index in [2.05, 4.69) is 35.6 Å². The molecule has 0 aliphatic carbocycles. The number of hydrogen-bond donors (Lipinski definition) is 1. The summed E-state index contributed by atoms with van der Waals surface area (Å²) >= 11 is 6.13. The molecule has 0 bridgehead atoms. The molecule has 0 atom stereocenters. The number of pyridine rings is 1. The lowest BCUT2D eigenvalue weighted by Crippen LogP contribution is -2.03. The molecule has 2 aromatic heterocycles. The van der Waals surface area contributed by atoms with Gasteiger partial charge in [-0.1, -0.05) is 41.4 Å². The van der Waals surface area contributed by atoms with Gasteiger partial charge in [-0.3, -0.25) is 0 Å². The Labute approximate surface area is 129 Å². The van der Waals surface area contributed by atoms with Gasteiger partial charge in [-0.15, -0.1) is 0 Å². The molecule has 0 aliphatic rings. The first-order valence-electron chi connectivity index (χ1n) is 7.12. The normalized spacial score (nSPS) is 11.2. The second-order valence-corrected chi connectivity index (χ2v) is 5.68. The number of hydrogen-bond acceptors (Lipinski definition) is 2. The van der Waals surface area contributed by atoms with Crippen molar-refractivity contribution >= 4 is 17.2 Å². The number of halogens is 1. The van der Waals surface area contributed by atoms with E-state index in [9.17, 15) is 0 Å². The van der Waals surface area contributed by atoms with Gasteiger partial charge in [-0.2, -0.15) is 0 Å². The van der Waals surface area contributed by atoms with Crippen molar-refractivity contribution in [3.05, 3.63) is 58.9 Å². The molecule has 1 aromatic carbocycles. The smallest absolute Gasteiger partial charge is 0.137 e. The number of rotatable bonds is 4. The first kappa shape index (κ1) is 14.1. The summed E-state index contributed by atoms with van der Waals surface area (Å²) in [6.07, 6.45) is 3.74. The Kier molecular flexibility index (Phi) is 3.95. The standard InChI is InChI=1S/C17H18ClN3/c1-12-4-6-13(7-5-12)17-15(3-2-10-19)21-11-14(18)8-9-16(21)20-17/h4-9,11H,2-3,10,19H2,1H3. The minimum Gasteiger partial charge on any atom is -0.330 e. The molecule has 0 aliphatic heterocycles. The number of aryl methyl sites for hydroxylation is 2. The zero-order valence-corrected chi connectivity index (χ0v) is 12.8. The number of nitrogens with zero attached hydrogens (tertiary/aromatic N) is 2. The van der Waals surface area contributed by atoms with Crippen molar-refractivity contribution in [1.82, 2.24) is 9.38 Å². The van der Waals surface area contributed by atoms with Gasteiger partial charge in [-0.25, -0.2) is 4.98 Å². The highest BCUT2D eigenvalue weighted by molar-refractivity contribution is 6.30. The fraction of sp³-hybridized carbons (Fsp3) is 0.235. The van der Waals surface area contributed by atoms with E-state index in [0.29, 0.717) is 11.6 Å². The van der Waals surface area contributed by atoms with Crippen LogP contribution < -0.4 is 5.73 Å². The Morgan fingerprint density at radius 3 is 2.62 bits per heavy atom. The maximum atomic E-state index is 6.13. The molecule has 3 nitrogen and oxygen atoms in total. The van der Waals surface area contributed by atoms with E-state index in [1.807, 2.05) is 18.3 Å². The lowest BCUT2D eigenvalue weighted by atomic mass is 10.1. The Morgan fingerprint density at radius 2 is 1.90 bits per heavy atom. The Balaban J connectivity index is 2.18. The number of imidazole rings is 1. The van der Waals surface area contributed by atoms with Crippen LogP contribution in [0, 0.1) is 6.92 Å². The van der Waals surface area contributed by atoms with Gasteiger partial charge in [0.25, 0.3) is 0 Å². The molecule has 3 aromatic rings. The van der Waals surface area contributed by atoms with E-state index in [0.717, 1.165) is 29.7 Å². The highest BCUT2D eigenvalue weighted by Crippen LogP contribution is 2.27. The van der Waals surface area contributed by atoms with Crippen LogP contribution in [0.1, 0.15) is 17.7 Å². The van der Waals surface area contributed by atoms with E-state index in [4.69, 9.17) is 22.3 Å². The van der Waals surface area contributed by atoms with Gasteiger partial charge in [-0.05, 0) is 38.4 Å². The summed E-state index contributed by atoms with van der Waals surface area (Å²) in [6.45, 7) is 2.75. The first-order valence-corrected chi connectivity index (χ1v) is 7.50. The van der Waals surface area contributed by atoms with Gasteiger partial charge in [0.1, 0.15) is 5.65 Å². The number of benzene rings is 1. The maximum Gasteiger partial charge on any atom is 0.137 e. The minimum atomic E-state index is 0.668. The number of fused-ring (bicyclic) bond motifs is 1. The molecular formula is C17H18ClN3.